The summed E-state index contributed by atoms with van der Waals surface area (Å²) < 4.78 is 0. The monoisotopic (exact) mass is 194 g/mol. The van der Waals surface area contributed by atoms with E-state index in [2.05, 4.69) is 32.1 Å². The zero-order valence-electron chi connectivity index (χ0n) is 9.68. The first-order valence-electron chi connectivity index (χ1n) is 5.47. The van der Waals surface area contributed by atoms with E-state index in [4.69, 9.17) is 0 Å². The highest BCUT2D eigenvalue weighted by atomic mass is 16.1. The lowest BCUT2D eigenvalue weighted by Gasteiger charge is -1.92. The Kier molecular flexibility index (Phi) is 8.20. The van der Waals surface area contributed by atoms with Crippen molar-refractivity contribution in [3.63, 3.8) is 0 Å². The molecule has 0 aromatic heterocycles. The van der Waals surface area contributed by atoms with E-state index < -0.39 is 0 Å². The van der Waals surface area contributed by atoms with Crippen molar-refractivity contribution < 1.29 is 4.79 Å². The molecule has 0 aliphatic rings. The van der Waals surface area contributed by atoms with Gasteiger partial charge in [0.1, 0.15) is 5.78 Å². The summed E-state index contributed by atoms with van der Waals surface area (Å²) >= 11 is 0. The van der Waals surface area contributed by atoms with Crippen molar-refractivity contribution in [2.75, 3.05) is 0 Å². The lowest BCUT2D eigenvalue weighted by atomic mass is 10.1. The van der Waals surface area contributed by atoms with Crippen molar-refractivity contribution in [1.29, 1.82) is 0 Å². The van der Waals surface area contributed by atoms with Crippen molar-refractivity contribution >= 4 is 5.78 Å². The van der Waals surface area contributed by atoms with Gasteiger partial charge in [-0.05, 0) is 33.1 Å². The second kappa shape index (κ2) is 8.74. The predicted molar refractivity (Wildman–Crippen MR) is 62.3 cm³/mol. The van der Waals surface area contributed by atoms with Gasteiger partial charge in [0.15, 0.2) is 0 Å². The Morgan fingerprint density at radius 1 is 1.07 bits per heavy atom. The summed E-state index contributed by atoms with van der Waals surface area (Å²) in [5.41, 5.74) is 1.37. The summed E-state index contributed by atoms with van der Waals surface area (Å²) in [7, 11) is 0. The fraction of sp³-hybridized carbons (Fsp3) is 0.615. The molecular weight excluding hydrogens is 172 g/mol. The van der Waals surface area contributed by atoms with Crippen LogP contribution in [-0.4, -0.2) is 5.78 Å². The Balaban J connectivity index is 3.37. The average Bonchev–Trinajstić information content (AvgIpc) is 2.15. The third kappa shape index (κ3) is 9.24. The van der Waals surface area contributed by atoms with E-state index in [-0.39, 0.29) is 0 Å². The summed E-state index contributed by atoms with van der Waals surface area (Å²) in [4.78, 5) is 10.9. The number of carbonyl (C=O) groups excluding carboxylic acids is 1. The molecule has 0 fully saturated rings. The van der Waals surface area contributed by atoms with Gasteiger partial charge in [0.2, 0.25) is 0 Å². The van der Waals surface area contributed by atoms with Gasteiger partial charge in [-0.25, -0.2) is 0 Å². The molecule has 0 bridgehead atoms. The maximum absolute atomic E-state index is 10.9. The van der Waals surface area contributed by atoms with Gasteiger partial charge in [0.05, 0.1) is 0 Å². The fourth-order valence-electron chi connectivity index (χ4n) is 1.13. The molecule has 1 heteroatoms. The molecule has 0 aliphatic carbocycles. The van der Waals surface area contributed by atoms with Crippen LogP contribution in [0.15, 0.2) is 23.8 Å². The van der Waals surface area contributed by atoms with Crippen molar-refractivity contribution in [3.8, 4) is 0 Å². The highest BCUT2D eigenvalue weighted by Gasteiger charge is 1.93. The Labute approximate surface area is 87.9 Å². The van der Waals surface area contributed by atoms with Gasteiger partial charge >= 0.3 is 0 Å². The van der Waals surface area contributed by atoms with Gasteiger partial charge in [-0.3, -0.25) is 4.79 Å². The molecule has 80 valence electrons. The molecule has 0 aromatic rings. The molecule has 0 radical (unpaired) electrons. The predicted octanol–water partition coefficient (Wildman–Crippen LogP) is 4.05. The summed E-state index contributed by atoms with van der Waals surface area (Å²) in [6.45, 7) is 6.15. The molecule has 0 aromatic carbocycles. The van der Waals surface area contributed by atoms with Crippen LogP contribution < -0.4 is 0 Å². The summed E-state index contributed by atoms with van der Waals surface area (Å²) in [6.07, 6.45) is 11.0. The standard InChI is InChI=1S/C13H22O/c1-4-13(14)11-9-7-5-6-8-10-12(2)3/h5,7,10H,4,6,8-9,11H2,1-3H3. The number of carbonyl (C=O) groups is 1. The third-order valence-electron chi connectivity index (χ3n) is 2.04. The highest BCUT2D eigenvalue weighted by molar-refractivity contribution is 5.78. The van der Waals surface area contributed by atoms with Gasteiger partial charge in [-0.1, -0.05) is 30.7 Å². The normalized spacial score (nSPS) is 10.5. The summed E-state index contributed by atoms with van der Waals surface area (Å²) in [5, 5.41) is 0. The van der Waals surface area contributed by atoms with E-state index >= 15 is 0 Å². The summed E-state index contributed by atoms with van der Waals surface area (Å²) in [6, 6.07) is 0. The van der Waals surface area contributed by atoms with E-state index in [0.717, 1.165) is 19.3 Å². The van der Waals surface area contributed by atoms with Crippen molar-refractivity contribution in [1.82, 2.24) is 0 Å². The van der Waals surface area contributed by atoms with Crippen LogP contribution in [0, 0.1) is 0 Å². The Morgan fingerprint density at radius 3 is 2.29 bits per heavy atom. The number of rotatable bonds is 7. The quantitative estimate of drug-likeness (QED) is 0.441. The first-order valence-corrected chi connectivity index (χ1v) is 5.47. The van der Waals surface area contributed by atoms with Crippen LogP contribution >= 0.6 is 0 Å². The van der Waals surface area contributed by atoms with Gasteiger partial charge in [0.25, 0.3) is 0 Å². The van der Waals surface area contributed by atoms with Crippen LogP contribution in [0.2, 0.25) is 0 Å². The minimum absolute atomic E-state index is 0.360. The lowest BCUT2D eigenvalue weighted by molar-refractivity contribution is -0.118. The van der Waals surface area contributed by atoms with Gasteiger partial charge in [0, 0.05) is 12.8 Å². The van der Waals surface area contributed by atoms with Crippen molar-refractivity contribution in [2.24, 2.45) is 0 Å². The first kappa shape index (κ1) is 13.2. The Hall–Kier alpha value is -0.850. The largest absolute Gasteiger partial charge is 0.300 e. The Bertz CT molecular complexity index is 207. The maximum Gasteiger partial charge on any atom is 0.132 e. The molecule has 0 N–H and O–H groups in total. The highest BCUT2D eigenvalue weighted by Crippen LogP contribution is 2.00. The SMILES string of the molecule is CCC(=O)CCC=CCCC=C(C)C. The number of hydrogen-bond donors (Lipinski definition) is 0. The molecule has 0 atom stereocenters. The third-order valence-corrected chi connectivity index (χ3v) is 2.04. The van der Waals surface area contributed by atoms with Crippen molar-refractivity contribution in [2.45, 2.75) is 52.9 Å². The number of Topliss-reactive ketones (excluding diaryl/α,β-unsaturated/α-hetero) is 1. The molecule has 0 saturated heterocycles. The van der Waals surface area contributed by atoms with E-state index in [0.29, 0.717) is 18.6 Å². The number of unbranched alkanes of at least 4 members (excludes halogenated alkanes) is 1. The number of ketones is 1. The van der Waals surface area contributed by atoms with Gasteiger partial charge in [-0.15, -0.1) is 0 Å². The molecule has 0 saturated carbocycles. The van der Waals surface area contributed by atoms with Crippen LogP contribution in [0.25, 0.3) is 0 Å². The van der Waals surface area contributed by atoms with Crippen molar-refractivity contribution in [3.05, 3.63) is 23.8 Å². The molecule has 1 nitrogen and oxygen atoms in total. The van der Waals surface area contributed by atoms with E-state index in [9.17, 15) is 4.79 Å². The minimum atomic E-state index is 0.360. The zero-order valence-corrected chi connectivity index (χ0v) is 9.68. The van der Waals surface area contributed by atoms with Crippen LogP contribution in [0.3, 0.4) is 0 Å². The van der Waals surface area contributed by atoms with E-state index in [1.807, 2.05) is 6.92 Å². The smallest absolute Gasteiger partial charge is 0.132 e. The molecule has 0 unspecified atom stereocenters. The minimum Gasteiger partial charge on any atom is -0.300 e. The molecule has 0 aliphatic heterocycles. The van der Waals surface area contributed by atoms with Gasteiger partial charge < -0.3 is 0 Å². The molecular formula is C13H22O. The van der Waals surface area contributed by atoms with Crippen LogP contribution in [0.1, 0.15) is 52.9 Å². The van der Waals surface area contributed by atoms with E-state index in [1.54, 1.807) is 0 Å². The summed E-state index contributed by atoms with van der Waals surface area (Å²) in [5.74, 6) is 0.360. The molecule has 0 rings (SSSR count). The molecule has 0 heterocycles. The number of hydrogen-bond acceptors (Lipinski definition) is 1. The lowest BCUT2D eigenvalue weighted by Crippen LogP contribution is -1.92. The molecule has 0 spiro atoms. The van der Waals surface area contributed by atoms with Gasteiger partial charge in [-0.2, -0.15) is 0 Å². The van der Waals surface area contributed by atoms with E-state index in [1.165, 1.54) is 5.57 Å². The van der Waals surface area contributed by atoms with Crippen LogP contribution in [-0.2, 0) is 4.79 Å². The second-order valence-corrected chi connectivity index (χ2v) is 3.76. The molecule has 14 heavy (non-hydrogen) atoms. The fourth-order valence-corrected chi connectivity index (χ4v) is 1.13. The first-order chi connectivity index (χ1) is 6.66. The number of allylic oxidation sites excluding steroid dienone is 4. The average molecular weight is 194 g/mol. The topological polar surface area (TPSA) is 17.1 Å². The molecule has 0 amide bonds. The van der Waals surface area contributed by atoms with Crippen LogP contribution in [0.4, 0.5) is 0 Å². The maximum atomic E-state index is 10.9. The zero-order chi connectivity index (χ0) is 10.8. The Morgan fingerprint density at radius 2 is 1.71 bits per heavy atom. The second-order valence-electron chi connectivity index (χ2n) is 3.76. The van der Waals surface area contributed by atoms with Crippen LogP contribution in [0.5, 0.6) is 0 Å².